The number of fused-ring (bicyclic) bond motifs is 2. The molecule has 0 spiro atoms. The largest absolute Gasteiger partial charge is 0.384 e. The summed E-state index contributed by atoms with van der Waals surface area (Å²) >= 11 is 0. The summed E-state index contributed by atoms with van der Waals surface area (Å²) in [6.45, 7) is 12.8. The van der Waals surface area contributed by atoms with Crippen molar-refractivity contribution in [1.29, 1.82) is 0 Å². The SMILES string of the molecule is CC(C)c1ccc2c(c1)C(C)N(CC(C)c1ccc3c(c1)CCN3)CC2. The Hall–Kier alpha value is -1.80. The molecule has 2 nitrogen and oxygen atoms in total. The van der Waals surface area contributed by atoms with E-state index >= 15 is 0 Å². The smallest absolute Gasteiger partial charge is 0.0373 e. The van der Waals surface area contributed by atoms with Crippen LogP contribution in [0.1, 0.15) is 73.4 Å². The molecule has 2 aliphatic rings. The first kappa shape index (κ1) is 17.6. The number of nitrogens with zero attached hydrogens (tertiary/aromatic N) is 1. The van der Waals surface area contributed by atoms with Crippen molar-refractivity contribution >= 4 is 5.69 Å². The molecule has 2 heteroatoms. The minimum absolute atomic E-state index is 0.510. The van der Waals surface area contributed by atoms with Crippen LogP contribution in [-0.4, -0.2) is 24.5 Å². The summed E-state index contributed by atoms with van der Waals surface area (Å²) in [6, 6.07) is 14.7. The van der Waals surface area contributed by atoms with E-state index in [9.17, 15) is 0 Å². The predicted octanol–water partition coefficient (Wildman–Crippen LogP) is 5.50. The van der Waals surface area contributed by atoms with Crippen LogP contribution >= 0.6 is 0 Å². The van der Waals surface area contributed by atoms with E-state index in [1.165, 1.54) is 41.8 Å². The van der Waals surface area contributed by atoms with Crippen LogP contribution in [0.15, 0.2) is 36.4 Å². The number of benzene rings is 2. The molecule has 0 bridgehead atoms. The Balaban J connectivity index is 1.51. The average molecular weight is 349 g/mol. The zero-order valence-electron chi connectivity index (χ0n) is 16.7. The van der Waals surface area contributed by atoms with E-state index in [1.807, 2.05) is 0 Å². The van der Waals surface area contributed by atoms with E-state index in [-0.39, 0.29) is 0 Å². The third-order valence-corrected chi connectivity index (χ3v) is 6.42. The Morgan fingerprint density at radius 3 is 2.62 bits per heavy atom. The van der Waals surface area contributed by atoms with Gasteiger partial charge in [0.2, 0.25) is 0 Å². The van der Waals surface area contributed by atoms with Gasteiger partial charge in [-0.05, 0) is 65.5 Å². The standard InChI is InChI=1S/C24H32N2/c1-16(2)20-6-5-19-10-12-26(18(4)23(19)14-20)15-17(3)21-7-8-24-22(13-21)9-11-25-24/h5-8,13-14,16-18,25H,9-12,15H2,1-4H3. The van der Waals surface area contributed by atoms with E-state index in [0.29, 0.717) is 17.9 Å². The van der Waals surface area contributed by atoms with Gasteiger partial charge in [-0.2, -0.15) is 0 Å². The van der Waals surface area contributed by atoms with Gasteiger partial charge in [-0.25, -0.2) is 0 Å². The van der Waals surface area contributed by atoms with Crippen LogP contribution in [-0.2, 0) is 12.8 Å². The summed E-state index contributed by atoms with van der Waals surface area (Å²) in [6.07, 6.45) is 2.35. The van der Waals surface area contributed by atoms with Crippen LogP contribution in [0.3, 0.4) is 0 Å². The summed E-state index contributed by atoms with van der Waals surface area (Å²) in [5.74, 6) is 1.17. The lowest BCUT2D eigenvalue weighted by molar-refractivity contribution is 0.189. The van der Waals surface area contributed by atoms with Crippen molar-refractivity contribution in [1.82, 2.24) is 4.90 Å². The second kappa shape index (κ2) is 7.08. The van der Waals surface area contributed by atoms with Crippen molar-refractivity contribution in [2.45, 2.75) is 58.4 Å². The van der Waals surface area contributed by atoms with Crippen LogP contribution < -0.4 is 5.32 Å². The minimum Gasteiger partial charge on any atom is -0.384 e. The van der Waals surface area contributed by atoms with Gasteiger partial charge in [0.05, 0.1) is 0 Å². The fourth-order valence-electron chi connectivity index (χ4n) is 4.58. The molecular weight excluding hydrogens is 316 g/mol. The highest BCUT2D eigenvalue weighted by Gasteiger charge is 2.26. The molecule has 138 valence electrons. The summed E-state index contributed by atoms with van der Waals surface area (Å²) in [4.78, 5) is 2.68. The molecule has 2 heterocycles. The zero-order chi connectivity index (χ0) is 18.3. The van der Waals surface area contributed by atoms with Gasteiger partial charge in [-0.3, -0.25) is 4.90 Å². The molecule has 0 aromatic heterocycles. The van der Waals surface area contributed by atoms with Crippen LogP contribution in [0.4, 0.5) is 5.69 Å². The van der Waals surface area contributed by atoms with Gasteiger partial charge in [0, 0.05) is 31.4 Å². The van der Waals surface area contributed by atoms with Crippen molar-refractivity contribution in [3.05, 3.63) is 64.2 Å². The summed E-state index contributed by atoms with van der Waals surface area (Å²) in [7, 11) is 0. The third-order valence-electron chi connectivity index (χ3n) is 6.42. The van der Waals surface area contributed by atoms with E-state index in [1.54, 1.807) is 11.1 Å². The number of nitrogens with one attached hydrogen (secondary N) is 1. The lowest BCUT2D eigenvalue weighted by atomic mass is 9.88. The molecule has 1 N–H and O–H groups in total. The van der Waals surface area contributed by atoms with E-state index in [2.05, 4.69) is 74.3 Å². The van der Waals surface area contributed by atoms with Crippen LogP contribution in [0, 0.1) is 0 Å². The Bertz CT molecular complexity index is 793. The summed E-state index contributed by atoms with van der Waals surface area (Å²) in [5.41, 5.74) is 8.88. The van der Waals surface area contributed by atoms with Crippen molar-refractivity contribution in [3.8, 4) is 0 Å². The molecule has 2 aliphatic heterocycles. The molecular formula is C24H32N2. The maximum absolute atomic E-state index is 3.47. The Morgan fingerprint density at radius 2 is 1.81 bits per heavy atom. The highest BCUT2D eigenvalue weighted by molar-refractivity contribution is 5.57. The normalized spacial score (nSPS) is 20.6. The van der Waals surface area contributed by atoms with Crippen LogP contribution in [0.25, 0.3) is 0 Å². The quantitative estimate of drug-likeness (QED) is 0.785. The average Bonchev–Trinajstić information content (AvgIpc) is 3.11. The Kier molecular flexibility index (Phi) is 4.79. The number of anilines is 1. The molecule has 2 atom stereocenters. The molecule has 4 rings (SSSR count). The van der Waals surface area contributed by atoms with Gasteiger partial charge in [0.1, 0.15) is 0 Å². The first-order valence-corrected chi connectivity index (χ1v) is 10.3. The lowest BCUT2D eigenvalue weighted by Gasteiger charge is -2.37. The molecule has 0 saturated heterocycles. The molecule has 0 radical (unpaired) electrons. The molecule has 0 fully saturated rings. The summed E-state index contributed by atoms with van der Waals surface area (Å²) in [5, 5.41) is 3.47. The highest BCUT2D eigenvalue weighted by atomic mass is 15.2. The van der Waals surface area contributed by atoms with Crippen molar-refractivity contribution in [2.24, 2.45) is 0 Å². The molecule has 2 aromatic carbocycles. The zero-order valence-corrected chi connectivity index (χ0v) is 16.7. The topological polar surface area (TPSA) is 15.3 Å². The van der Waals surface area contributed by atoms with Gasteiger partial charge >= 0.3 is 0 Å². The second-order valence-corrected chi connectivity index (χ2v) is 8.53. The van der Waals surface area contributed by atoms with Crippen molar-refractivity contribution < 1.29 is 0 Å². The maximum atomic E-state index is 3.47. The molecule has 0 amide bonds. The second-order valence-electron chi connectivity index (χ2n) is 8.53. The lowest BCUT2D eigenvalue weighted by Crippen LogP contribution is -2.36. The van der Waals surface area contributed by atoms with Crippen LogP contribution in [0.2, 0.25) is 0 Å². The first-order chi connectivity index (χ1) is 12.5. The van der Waals surface area contributed by atoms with Crippen molar-refractivity contribution in [2.75, 3.05) is 25.0 Å². The van der Waals surface area contributed by atoms with Gasteiger partial charge in [0.25, 0.3) is 0 Å². The monoisotopic (exact) mass is 348 g/mol. The van der Waals surface area contributed by atoms with Gasteiger partial charge < -0.3 is 5.32 Å². The fraction of sp³-hybridized carbons (Fsp3) is 0.500. The van der Waals surface area contributed by atoms with E-state index in [0.717, 1.165) is 13.1 Å². The number of rotatable bonds is 4. The fourth-order valence-corrected chi connectivity index (χ4v) is 4.58. The summed E-state index contributed by atoms with van der Waals surface area (Å²) < 4.78 is 0. The number of hydrogen-bond donors (Lipinski definition) is 1. The molecule has 2 aromatic rings. The van der Waals surface area contributed by atoms with Gasteiger partial charge in [-0.15, -0.1) is 0 Å². The van der Waals surface area contributed by atoms with Gasteiger partial charge in [-0.1, -0.05) is 51.1 Å². The Labute approximate surface area is 158 Å². The van der Waals surface area contributed by atoms with E-state index in [4.69, 9.17) is 0 Å². The van der Waals surface area contributed by atoms with Gasteiger partial charge in [0.15, 0.2) is 0 Å². The van der Waals surface area contributed by atoms with Crippen molar-refractivity contribution in [3.63, 3.8) is 0 Å². The molecule has 0 saturated carbocycles. The molecule has 0 aliphatic carbocycles. The third kappa shape index (κ3) is 3.27. The number of hydrogen-bond acceptors (Lipinski definition) is 2. The maximum Gasteiger partial charge on any atom is 0.0373 e. The highest BCUT2D eigenvalue weighted by Crippen LogP contribution is 2.34. The molecule has 26 heavy (non-hydrogen) atoms. The molecule has 2 unspecified atom stereocenters. The Morgan fingerprint density at radius 1 is 1.00 bits per heavy atom. The first-order valence-electron chi connectivity index (χ1n) is 10.3. The minimum atomic E-state index is 0.510. The van der Waals surface area contributed by atoms with E-state index < -0.39 is 0 Å². The predicted molar refractivity (Wildman–Crippen MR) is 111 cm³/mol. The van der Waals surface area contributed by atoms with Crippen LogP contribution in [0.5, 0.6) is 0 Å².